The second-order valence-electron chi connectivity index (χ2n) is 4.68. The minimum atomic E-state index is -1.56. The van der Waals surface area contributed by atoms with Crippen LogP contribution >= 0.6 is 0 Å². The Balaban J connectivity index is 2.64. The maximum Gasteiger partial charge on any atom is 0.164 e. The molecule has 0 bridgehead atoms. The molecule has 0 heterocycles. The maximum absolute atomic E-state index is 12.7. The second kappa shape index (κ2) is 7.73. The van der Waals surface area contributed by atoms with Gasteiger partial charge in [0.2, 0.25) is 0 Å². The molecule has 5 nitrogen and oxygen atoms in total. The van der Waals surface area contributed by atoms with E-state index in [2.05, 4.69) is 0 Å². The van der Waals surface area contributed by atoms with Crippen molar-refractivity contribution in [2.75, 3.05) is 0 Å². The van der Waals surface area contributed by atoms with Crippen LogP contribution in [0.1, 0.15) is 22.3 Å². The van der Waals surface area contributed by atoms with E-state index >= 15 is 0 Å². The average Bonchev–Trinajstić information content (AvgIpc) is 2.59. The van der Waals surface area contributed by atoms with Crippen molar-refractivity contribution in [3.05, 3.63) is 58.7 Å². The zero-order valence-electron chi connectivity index (χ0n) is 11.9. The van der Waals surface area contributed by atoms with Gasteiger partial charge in [0, 0.05) is 16.7 Å². The van der Waals surface area contributed by atoms with Crippen molar-refractivity contribution in [1.82, 2.24) is 0 Å². The van der Waals surface area contributed by atoms with Crippen molar-refractivity contribution in [3.8, 4) is 0 Å². The Morgan fingerprint density at radius 3 is 1.86 bits per heavy atom. The van der Waals surface area contributed by atoms with E-state index in [1.807, 2.05) is 0 Å². The predicted molar refractivity (Wildman–Crippen MR) is 81.2 cm³/mol. The number of rotatable bonds is 6. The van der Waals surface area contributed by atoms with Gasteiger partial charge >= 0.3 is 0 Å². The first-order valence-electron chi connectivity index (χ1n) is 6.74. The third-order valence-corrected chi connectivity index (χ3v) is 4.98. The zero-order valence-corrected chi connectivity index (χ0v) is 12.7. The van der Waals surface area contributed by atoms with E-state index in [1.165, 1.54) is 6.07 Å². The summed E-state index contributed by atoms with van der Waals surface area (Å²) in [5, 5.41) is 38.1. The Bertz CT molecular complexity index is 630. The standard InChI is InChI=1S/C16H18O5S/c17-7-11-6-16(22(21)12-4-2-1-3-5-12)15(10-20)14(9-19)13(11)8-18/h1-6,17-20H,7-10H2. The minimum absolute atomic E-state index is 0.316. The second-order valence-corrected chi connectivity index (χ2v) is 6.13. The van der Waals surface area contributed by atoms with Gasteiger partial charge in [-0.2, -0.15) is 0 Å². The Morgan fingerprint density at radius 2 is 1.36 bits per heavy atom. The van der Waals surface area contributed by atoms with E-state index in [0.29, 0.717) is 32.0 Å². The van der Waals surface area contributed by atoms with Crippen LogP contribution in [0.15, 0.2) is 46.2 Å². The molecule has 22 heavy (non-hydrogen) atoms. The summed E-state index contributed by atoms with van der Waals surface area (Å²) in [7, 11) is 0. The number of hydrogen-bond donors (Lipinski definition) is 4. The van der Waals surface area contributed by atoms with Crippen molar-refractivity contribution in [1.29, 1.82) is 0 Å². The molecule has 0 radical (unpaired) electrons. The number of hydrogen-bond acceptors (Lipinski definition) is 5. The highest BCUT2D eigenvalue weighted by Crippen LogP contribution is 2.31. The lowest BCUT2D eigenvalue weighted by molar-refractivity contribution is 0.237. The zero-order chi connectivity index (χ0) is 16.1. The fourth-order valence-corrected chi connectivity index (χ4v) is 3.71. The SMILES string of the molecule is [O-][S+](c1ccccc1)c1cc(CO)c(CO)c(CO)c1CO. The summed E-state index contributed by atoms with van der Waals surface area (Å²) in [4.78, 5) is 0.890. The monoisotopic (exact) mass is 322 g/mol. The van der Waals surface area contributed by atoms with E-state index in [-0.39, 0.29) is 13.2 Å². The van der Waals surface area contributed by atoms with Gasteiger partial charge < -0.3 is 25.0 Å². The first-order chi connectivity index (χ1) is 10.7. The summed E-state index contributed by atoms with van der Waals surface area (Å²) in [5.41, 5.74) is 1.40. The van der Waals surface area contributed by atoms with Crippen molar-refractivity contribution in [2.24, 2.45) is 0 Å². The molecule has 118 valence electrons. The summed E-state index contributed by atoms with van der Waals surface area (Å²) in [6, 6.07) is 10.2. The highest BCUT2D eigenvalue weighted by atomic mass is 32.2. The molecular weight excluding hydrogens is 304 g/mol. The van der Waals surface area contributed by atoms with Crippen LogP contribution in [0.2, 0.25) is 0 Å². The normalized spacial score (nSPS) is 12.4. The molecule has 1 unspecified atom stereocenters. The number of aliphatic hydroxyl groups is 4. The Labute approximate surface area is 131 Å². The van der Waals surface area contributed by atoms with E-state index in [1.54, 1.807) is 30.3 Å². The molecule has 0 amide bonds. The van der Waals surface area contributed by atoms with Crippen molar-refractivity contribution >= 4 is 11.2 Å². The molecule has 2 aromatic carbocycles. The van der Waals surface area contributed by atoms with Crippen LogP contribution in [0, 0.1) is 0 Å². The van der Waals surface area contributed by atoms with Crippen LogP contribution in [0.25, 0.3) is 0 Å². The van der Waals surface area contributed by atoms with E-state index in [0.717, 1.165) is 0 Å². The summed E-state index contributed by atoms with van der Waals surface area (Å²) >= 11 is -1.56. The third-order valence-electron chi connectivity index (χ3n) is 3.52. The average molecular weight is 322 g/mol. The van der Waals surface area contributed by atoms with Crippen molar-refractivity contribution < 1.29 is 25.0 Å². The van der Waals surface area contributed by atoms with Gasteiger partial charge in [0.15, 0.2) is 9.79 Å². The maximum atomic E-state index is 12.7. The van der Waals surface area contributed by atoms with Crippen LogP contribution in [-0.4, -0.2) is 25.0 Å². The van der Waals surface area contributed by atoms with E-state index in [9.17, 15) is 25.0 Å². The first-order valence-corrected chi connectivity index (χ1v) is 7.89. The van der Waals surface area contributed by atoms with Crippen molar-refractivity contribution in [3.63, 3.8) is 0 Å². The van der Waals surface area contributed by atoms with Crippen LogP contribution < -0.4 is 0 Å². The van der Waals surface area contributed by atoms with Gasteiger partial charge in [-0.3, -0.25) is 0 Å². The molecular formula is C16H18O5S. The molecule has 0 aromatic heterocycles. The molecule has 1 atom stereocenters. The lowest BCUT2D eigenvalue weighted by Gasteiger charge is -2.19. The van der Waals surface area contributed by atoms with Crippen LogP contribution in [0.3, 0.4) is 0 Å². The van der Waals surface area contributed by atoms with Gasteiger partial charge in [-0.25, -0.2) is 0 Å². The van der Waals surface area contributed by atoms with Gasteiger partial charge in [-0.05, 0) is 34.9 Å². The molecule has 0 fully saturated rings. The highest BCUT2D eigenvalue weighted by Gasteiger charge is 2.25. The summed E-state index contributed by atoms with van der Waals surface area (Å²) in [6.45, 7) is -1.56. The van der Waals surface area contributed by atoms with Gasteiger partial charge in [0.1, 0.15) is 0 Å². The third kappa shape index (κ3) is 3.17. The Kier molecular flexibility index (Phi) is 5.96. The smallest absolute Gasteiger partial charge is 0.164 e. The van der Waals surface area contributed by atoms with Crippen LogP contribution in [-0.2, 0) is 37.6 Å². The molecule has 0 spiro atoms. The predicted octanol–water partition coefficient (Wildman–Crippen LogP) is 0.822. The molecule has 2 rings (SSSR count). The topological polar surface area (TPSA) is 104 Å². The molecule has 2 aromatic rings. The molecule has 0 aliphatic rings. The van der Waals surface area contributed by atoms with Gasteiger partial charge in [-0.1, -0.05) is 18.2 Å². The van der Waals surface area contributed by atoms with Gasteiger partial charge in [0.05, 0.1) is 26.4 Å². The highest BCUT2D eigenvalue weighted by molar-refractivity contribution is 7.91. The molecule has 4 N–H and O–H groups in total. The van der Waals surface area contributed by atoms with Crippen LogP contribution in [0.4, 0.5) is 0 Å². The van der Waals surface area contributed by atoms with E-state index < -0.39 is 24.4 Å². The molecule has 0 saturated heterocycles. The van der Waals surface area contributed by atoms with Crippen molar-refractivity contribution in [2.45, 2.75) is 36.2 Å². The number of benzene rings is 2. The summed E-state index contributed by atoms with van der Waals surface area (Å²) in [5.74, 6) is 0. The Morgan fingerprint density at radius 1 is 0.773 bits per heavy atom. The van der Waals surface area contributed by atoms with Gasteiger partial charge in [0.25, 0.3) is 0 Å². The largest absolute Gasteiger partial charge is 0.606 e. The Hall–Kier alpha value is -1.41. The fourth-order valence-electron chi connectivity index (χ4n) is 2.40. The molecule has 0 aliphatic carbocycles. The first kappa shape index (κ1) is 17.0. The lowest BCUT2D eigenvalue weighted by atomic mass is 9.97. The molecule has 0 aliphatic heterocycles. The lowest BCUT2D eigenvalue weighted by Crippen LogP contribution is -2.13. The van der Waals surface area contributed by atoms with Crippen LogP contribution in [0.5, 0.6) is 0 Å². The minimum Gasteiger partial charge on any atom is -0.606 e. The molecule has 0 saturated carbocycles. The van der Waals surface area contributed by atoms with Gasteiger partial charge in [-0.15, -0.1) is 0 Å². The summed E-state index contributed by atoms with van der Waals surface area (Å²) in [6.07, 6.45) is 0. The van der Waals surface area contributed by atoms with E-state index in [4.69, 9.17) is 0 Å². The fraction of sp³-hybridized carbons (Fsp3) is 0.250. The molecule has 6 heteroatoms. The quantitative estimate of drug-likeness (QED) is 0.590. The number of aliphatic hydroxyl groups excluding tert-OH is 4. The summed E-state index contributed by atoms with van der Waals surface area (Å²) < 4.78 is 12.7.